The minimum Gasteiger partial charge on any atom is -0.502 e. The van der Waals surface area contributed by atoms with Crippen molar-refractivity contribution in [1.82, 2.24) is 9.88 Å². The maximum Gasteiger partial charge on any atom is 0.306 e. The van der Waals surface area contributed by atoms with Gasteiger partial charge in [0.1, 0.15) is 5.76 Å². The van der Waals surface area contributed by atoms with Crippen LogP contribution in [-0.4, -0.2) is 54.4 Å². The predicted octanol–water partition coefficient (Wildman–Crippen LogP) is 1.27. The Kier molecular flexibility index (Phi) is 6.20. The molecule has 0 radical (unpaired) electrons. The molecule has 1 saturated heterocycles. The van der Waals surface area contributed by atoms with Crippen molar-refractivity contribution in [2.24, 2.45) is 0 Å². The zero-order valence-corrected chi connectivity index (χ0v) is 15.1. The van der Waals surface area contributed by atoms with Crippen LogP contribution in [0.1, 0.15) is 29.4 Å². The van der Waals surface area contributed by atoms with E-state index >= 15 is 0 Å². The summed E-state index contributed by atoms with van der Waals surface area (Å²) in [5.74, 6) is -1.14. The van der Waals surface area contributed by atoms with Crippen LogP contribution in [-0.2, 0) is 20.8 Å². The first-order valence-electron chi connectivity index (χ1n) is 8.71. The molecule has 1 aliphatic rings. The number of carbonyl (C=O) groups is 1. The van der Waals surface area contributed by atoms with Gasteiger partial charge in [-0.2, -0.15) is 0 Å². The average molecular weight is 374 g/mol. The monoisotopic (exact) mass is 374 g/mol. The van der Waals surface area contributed by atoms with Gasteiger partial charge in [0.25, 0.3) is 0 Å². The fraction of sp³-hybridized carbons (Fsp3) is 0.421. The van der Waals surface area contributed by atoms with Crippen LogP contribution >= 0.6 is 0 Å². The van der Waals surface area contributed by atoms with Gasteiger partial charge in [0.15, 0.2) is 5.76 Å². The third kappa shape index (κ3) is 4.72. The molecule has 2 aromatic rings. The highest BCUT2D eigenvalue weighted by Crippen LogP contribution is 2.33. The Morgan fingerprint density at radius 3 is 2.70 bits per heavy atom. The van der Waals surface area contributed by atoms with Gasteiger partial charge in [0, 0.05) is 31.5 Å². The number of methoxy groups -OCH3 is 1. The number of nitrogens with zero attached hydrogens (tertiary/aromatic N) is 2. The van der Waals surface area contributed by atoms with Gasteiger partial charge in [0.05, 0.1) is 39.2 Å². The molecule has 0 saturated carbocycles. The Bertz CT molecular complexity index is 830. The fourth-order valence-corrected chi connectivity index (χ4v) is 3.06. The molecular formula is C19H22N2O6. The highest BCUT2D eigenvalue weighted by Gasteiger charge is 2.27. The molecule has 0 amide bonds. The Balaban J connectivity index is 1.97. The zero-order valence-electron chi connectivity index (χ0n) is 15.1. The topological polar surface area (TPSA) is 102 Å². The molecular weight excluding hydrogens is 352 g/mol. The molecule has 8 heteroatoms. The molecule has 0 unspecified atom stereocenters. The van der Waals surface area contributed by atoms with Crippen LogP contribution in [0.4, 0.5) is 0 Å². The van der Waals surface area contributed by atoms with E-state index in [0.717, 1.165) is 13.1 Å². The molecule has 3 heterocycles. The van der Waals surface area contributed by atoms with Crippen molar-refractivity contribution in [2.45, 2.75) is 18.9 Å². The number of aromatic hydroxyl groups is 1. The van der Waals surface area contributed by atoms with E-state index in [1.807, 2.05) is 0 Å². The zero-order chi connectivity index (χ0) is 19.2. The summed E-state index contributed by atoms with van der Waals surface area (Å²) in [7, 11) is 1.29. The number of pyridine rings is 1. The molecule has 1 fully saturated rings. The van der Waals surface area contributed by atoms with Crippen LogP contribution < -0.4 is 5.43 Å². The smallest absolute Gasteiger partial charge is 0.306 e. The molecule has 3 rings (SSSR count). The molecule has 0 spiro atoms. The van der Waals surface area contributed by atoms with Gasteiger partial charge >= 0.3 is 5.97 Å². The summed E-state index contributed by atoms with van der Waals surface area (Å²) in [5.41, 5.74) is 0.154. The van der Waals surface area contributed by atoms with Crippen LogP contribution in [0.3, 0.4) is 0 Å². The lowest BCUT2D eigenvalue weighted by atomic mass is 9.93. The fourth-order valence-electron chi connectivity index (χ4n) is 3.06. The van der Waals surface area contributed by atoms with Crippen LogP contribution in [0.15, 0.2) is 39.8 Å². The van der Waals surface area contributed by atoms with Gasteiger partial charge in [-0.15, -0.1) is 0 Å². The molecule has 0 aliphatic carbocycles. The molecule has 1 N–H and O–H groups in total. The van der Waals surface area contributed by atoms with Gasteiger partial charge in [-0.25, -0.2) is 0 Å². The lowest BCUT2D eigenvalue weighted by Crippen LogP contribution is -2.35. The van der Waals surface area contributed by atoms with Crippen molar-refractivity contribution in [3.63, 3.8) is 0 Å². The van der Waals surface area contributed by atoms with Crippen LogP contribution in [0.25, 0.3) is 0 Å². The molecule has 144 valence electrons. The van der Waals surface area contributed by atoms with Crippen molar-refractivity contribution in [1.29, 1.82) is 0 Å². The normalized spacial score (nSPS) is 16.0. The number of rotatable bonds is 6. The summed E-state index contributed by atoms with van der Waals surface area (Å²) in [4.78, 5) is 30.3. The molecule has 0 bridgehead atoms. The number of hydrogen-bond donors (Lipinski definition) is 1. The summed E-state index contributed by atoms with van der Waals surface area (Å²) in [6, 6.07) is 4.71. The number of ether oxygens (including phenoxy) is 2. The van der Waals surface area contributed by atoms with Gasteiger partial charge < -0.3 is 19.0 Å². The second-order valence-electron chi connectivity index (χ2n) is 6.29. The SMILES string of the molecule is COC(=O)C[C@@H](c1ccncc1)c1oc(CN2CCOCC2)cc(=O)c1O. The highest BCUT2D eigenvalue weighted by molar-refractivity contribution is 5.71. The maximum atomic E-state index is 12.3. The second kappa shape index (κ2) is 8.79. The molecule has 27 heavy (non-hydrogen) atoms. The first-order chi connectivity index (χ1) is 13.1. The van der Waals surface area contributed by atoms with E-state index in [0.29, 0.717) is 31.1 Å². The number of aromatic nitrogens is 1. The Morgan fingerprint density at radius 1 is 1.33 bits per heavy atom. The molecule has 1 atom stereocenters. The van der Waals surface area contributed by atoms with Crippen molar-refractivity contribution >= 4 is 5.97 Å². The second-order valence-corrected chi connectivity index (χ2v) is 6.29. The number of carbonyl (C=O) groups excluding carboxylic acids is 1. The quantitative estimate of drug-likeness (QED) is 0.754. The van der Waals surface area contributed by atoms with Crippen molar-refractivity contribution in [2.75, 3.05) is 33.4 Å². The van der Waals surface area contributed by atoms with E-state index in [1.165, 1.54) is 13.2 Å². The standard InChI is InChI=1S/C19H22N2O6/c1-25-17(23)11-15(13-2-4-20-5-3-13)19-18(24)16(22)10-14(27-19)12-21-6-8-26-9-7-21/h2-5,10,15,24H,6-9,11-12H2,1H3/t15-/m0/s1. The molecule has 2 aromatic heterocycles. The molecule has 8 nitrogen and oxygen atoms in total. The maximum absolute atomic E-state index is 12.3. The van der Waals surface area contributed by atoms with Crippen LogP contribution in [0, 0.1) is 0 Å². The number of hydrogen-bond acceptors (Lipinski definition) is 8. The first-order valence-corrected chi connectivity index (χ1v) is 8.71. The first kappa shape index (κ1) is 19.1. The third-order valence-corrected chi connectivity index (χ3v) is 4.51. The Morgan fingerprint density at radius 2 is 2.04 bits per heavy atom. The largest absolute Gasteiger partial charge is 0.502 e. The average Bonchev–Trinajstić information content (AvgIpc) is 2.70. The van der Waals surface area contributed by atoms with Crippen molar-refractivity contribution in [3.05, 3.63) is 57.9 Å². The lowest BCUT2D eigenvalue weighted by molar-refractivity contribution is -0.140. The minimum atomic E-state index is -0.655. The summed E-state index contributed by atoms with van der Waals surface area (Å²) in [6.07, 6.45) is 3.08. The molecule has 1 aliphatic heterocycles. The summed E-state index contributed by atoms with van der Waals surface area (Å²) < 4.78 is 16.0. The van der Waals surface area contributed by atoms with Crippen LogP contribution in [0.2, 0.25) is 0 Å². The van der Waals surface area contributed by atoms with E-state index in [9.17, 15) is 14.7 Å². The van der Waals surface area contributed by atoms with E-state index in [-0.39, 0.29) is 12.2 Å². The Labute approximate surface area is 156 Å². The van der Waals surface area contributed by atoms with E-state index in [1.54, 1.807) is 24.5 Å². The van der Waals surface area contributed by atoms with Crippen LogP contribution in [0.5, 0.6) is 5.75 Å². The van der Waals surface area contributed by atoms with Crippen molar-refractivity contribution in [3.8, 4) is 5.75 Å². The highest BCUT2D eigenvalue weighted by atomic mass is 16.5. The van der Waals surface area contributed by atoms with E-state index < -0.39 is 23.1 Å². The molecule has 0 aromatic carbocycles. The van der Waals surface area contributed by atoms with Crippen molar-refractivity contribution < 1.29 is 23.8 Å². The number of esters is 1. The summed E-state index contributed by atoms with van der Waals surface area (Å²) >= 11 is 0. The van der Waals surface area contributed by atoms with Gasteiger partial charge in [-0.3, -0.25) is 19.5 Å². The predicted molar refractivity (Wildman–Crippen MR) is 95.5 cm³/mol. The summed E-state index contributed by atoms with van der Waals surface area (Å²) in [6.45, 7) is 3.13. The van der Waals surface area contributed by atoms with E-state index in [2.05, 4.69) is 9.88 Å². The summed E-state index contributed by atoms with van der Waals surface area (Å²) in [5, 5.41) is 10.3. The van der Waals surface area contributed by atoms with E-state index in [4.69, 9.17) is 13.9 Å². The number of morpholine rings is 1. The lowest BCUT2D eigenvalue weighted by Gasteiger charge is -2.26. The minimum absolute atomic E-state index is 0.0577. The van der Waals surface area contributed by atoms with Gasteiger partial charge in [0.2, 0.25) is 11.2 Å². The van der Waals surface area contributed by atoms with Gasteiger partial charge in [-0.05, 0) is 17.7 Å². The Hall–Kier alpha value is -2.71. The third-order valence-electron chi connectivity index (χ3n) is 4.51. The van der Waals surface area contributed by atoms with Gasteiger partial charge in [-0.1, -0.05) is 0 Å².